The molecule has 2 heterocycles. The highest BCUT2D eigenvalue weighted by Crippen LogP contribution is 2.18. The number of aryl methyl sites for hydroxylation is 2. The third-order valence-corrected chi connectivity index (χ3v) is 2.92. The molecule has 0 aliphatic heterocycles. The van der Waals surface area contributed by atoms with Gasteiger partial charge in [-0.15, -0.1) is 0 Å². The molecule has 2 aromatic rings. The number of aromatic nitrogens is 2. The van der Waals surface area contributed by atoms with E-state index >= 15 is 0 Å². The Morgan fingerprint density at radius 3 is 2.61 bits per heavy atom. The maximum atomic E-state index is 12.0. The molecule has 1 amide bonds. The van der Waals surface area contributed by atoms with Crippen LogP contribution >= 0.6 is 0 Å². The van der Waals surface area contributed by atoms with Gasteiger partial charge in [0.25, 0.3) is 0 Å². The molecule has 2 aromatic heterocycles. The molecule has 0 atom stereocenters. The molecule has 2 rings (SSSR count). The molecule has 0 unspecified atom stereocenters. The molecule has 124 valence electrons. The first kappa shape index (κ1) is 16.8. The molecule has 0 spiro atoms. The van der Waals surface area contributed by atoms with Gasteiger partial charge in [0, 0.05) is 11.6 Å². The van der Waals surface area contributed by atoms with Crippen LogP contribution in [0.2, 0.25) is 0 Å². The van der Waals surface area contributed by atoms with Gasteiger partial charge in [-0.25, -0.2) is 4.98 Å². The van der Waals surface area contributed by atoms with Crippen molar-refractivity contribution < 1.29 is 27.2 Å². The second kappa shape index (κ2) is 6.67. The van der Waals surface area contributed by atoms with Gasteiger partial charge in [-0.1, -0.05) is 5.16 Å². The Labute approximate surface area is 129 Å². The summed E-state index contributed by atoms with van der Waals surface area (Å²) in [4.78, 5) is 15.6. The van der Waals surface area contributed by atoms with Gasteiger partial charge < -0.3 is 14.6 Å². The first-order chi connectivity index (χ1) is 10.7. The zero-order valence-electron chi connectivity index (χ0n) is 12.4. The van der Waals surface area contributed by atoms with Gasteiger partial charge in [0.2, 0.25) is 11.8 Å². The highest BCUT2D eigenvalue weighted by molar-refractivity contribution is 5.92. The van der Waals surface area contributed by atoms with E-state index in [9.17, 15) is 18.0 Å². The highest BCUT2D eigenvalue weighted by atomic mass is 19.4. The Bertz CT molecular complexity index is 661. The lowest BCUT2D eigenvalue weighted by Gasteiger charge is -2.09. The van der Waals surface area contributed by atoms with Crippen LogP contribution in [0.3, 0.4) is 0 Å². The minimum absolute atomic E-state index is 0.0769. The highest BCUT2D eigenvalue weighted by Gasteiger charge is 2.28. The van der Waals surface area contributed by atoms with E-state index in [1.807, 2.05) is 0 Å². The van der Waals surface area contributed by atoms with E-state index in [0.717, 1.165) is 0 Å². The summed E-state index contributed by atoms with van der Waals surface area (Å²) in [5.74, 6) is 0.0721. The number of hydrogen-bond donors (Lipinski definition) is 1. The number of carbonyl (C=O) groups excluding carboxylic acids is 1. The summed E-state index contributed by atoms with van der Waals surface area (Å²) in [5, 5.41) is 6.34. The Kier molecular flexibility index (Phi) is 4.87. The molecule has 0 aliphatic carbocycles. The summed E-state index contributed by atoms with van der Waals surface area (Å²) >= 11 is 0. The molecule has 0 bridgehead atoms. The van der Waals surface area contributed by atoms with Crippen molar-refractivity contribution in [1.82, 2.24) is 10.1 Å². The third kappa shape index (κ3) is 4.97. The van der Waals surface area contributed by atoms with Crippen LogP contribution in [0.1, 0.15) is 17.0 Å². The third-order valence-electron chi connectivity index (χ3n) is 2.92. The first-order valence-corrected chi connectivity index (χ1v) is 6.62. The summed E-state index contributed by atoms with van der Waals surface area (Å²) in [6.45, 7) is 2.02. The van der Waals surface area contributed by atoms with E-state index in [4.69, 9.17) is 4.52 Å². The molecule has 0 aliphatic rings. The van der Waals surface area contributed by atoms with Gasteiger partial charge in [0.1, 0.15) is 5.76 Å². The van der Waals surface area contributed by atoms with Crippen molar-refractivity contribution in [2.75, 3.05) is 11.9 Å². The summed E-state index contributed by atoms with van der Waals surface area (Å²) in [6.07, 6.45) is -3.13. The van der Waals surface area contributed by atoms with Crippen LogP contribution in [-0.4, -0.2) is 28.8 Å². The fraction of sp³-hybridized carbons (Fsp3) is 0.357. The number of alkyl halides is 3. The molecule has 0 aromatic carbocycles. The van der Waals surface area contributed by atoms with Gasteiger partial charge in [-0.2, -0.15) is 13.2 Å². The summed E-state index contributed by atoms with van der Waals surface area (Å²) in [5.41, 5.74) is 1.67. The lowest BCUT2D eigenvalue weighted by Crippen LogP contribution is -2.19. The van der Waals surface area contributed by atoms with Crippen molar-refractivity contribution in [3.8, 4) is 5.88 Å². The minimum atomic E-state index is -4.43. The second-order valence-electron chi connectivity index (χ2n) is 4.82. The molecule has 0 saturated carbocycles. The van der Waals surface area contributed by atoms with Crippen LogP contribution in [0, 0.1) is 13.8 Å². The molecular formula is C14H14F3N3O3. The Morgan fingerprint density at radius 1 is 1.35 bits per heavy atom. The first-order valence-electron chi connectivity index (χ1n) is 6.62. The number of nitrogens with zero attached hydrogens (tertiary/aromatic N) is 2. The van der Waals surface area contributed by atoms with Gasteiger partial charge in [-0.05, 0) is 19.9 Å². The summed E-state index contributed by atoms with van der Waals surface area (Å²) in [6, 6.07) is 2.65. The number of hydrogen-bond acceptors (Lipinski definition) is 5. The molecule has 0 radical (unpaired) electrons. The molecule has 23 heavy (non-hydrogen) atoms. The SMILES string of the molecule is Cc1noc(C)c1CC(=O)Nc1ccc(OCC(F)(F)F)nc1. The molecule has 6 nitrogen and oxygen atoms in total. The number of nitrogens with one attached hydrogen (secondary N) is 1. The Morgan fingerprint density at radius 2 is 2.09 bits per heavy atom. The fourth-order valence-electron chi connectivity index (χ4n) is 1.82. The van der Waals surface area contributed by atoms with E-state index in [-0.39, 0.29) is 18.2 Å². The van der Waals surface area contributed by atoms with Crippen molar-refractivity contribution in [1.29, 1.82) is 0 Å². The van der Waals surface area contributed by atoms with Gasteiger partial charge in [0.05, 0.1) is 24.0 Å². The number of halogens is 3. The number of rotatable bonds is 5. The van der Waals surface area contributed by atoms with Crippen molar-refractivity contribution in [3.63, 3.8) is 0 Å². The van der Waals surface area contributed by atoms with E-state index in [1.54, 1.807) is 13.8 Å². The van der Waals surface area contributed by atoms with Crippen LogP contribution in [-0.2, 0) is 11.2 Å². The molecular weight excluding hydrogens is 315 g/mol. The van der Waals surface area contributed by atoms with E-state index in [2.05, 4.69) is 20.2 Å². The maximum Gasteiger partial charge on any atom is 0.422 e. The van der Waals surface area contributed by atoms with Crippen LogP contribution in [0.5, 0.6) is 5.88 Å². The van der Waals surface area contributed by atoms with Crippen LogP contribution < -0.4 is 10.1 Å². The smallest absolute Gasteiger partial charge is 0.422 e. The number of pyridine rings is 1. The predicted octanol–water partition coefficient (Wildman–Crippen LogP) is 2.81. The Balaban J connectivity index is 1.92. The standard InChI is InChI=1S/C14H14F3N3O3/c1-8-11(9(2)23-20-8)5-12(21)19-10-3-4-13(18-6-10)22-7-14(15,16)17/h3-4,6H,5,7H2,1-2H3,(H,19,21). The molecule has 0 saturated heterocycles. The average Bonchev–Trinajstić information content (AvgIpc) is 2.77. The van der Waals surface area contributed by atoms with E-state index < -0.39 is 12.8 Å². The van der Waals surface area contributed by atoms with Gasteiger partial charge in [-0.3, -0.25) is 4.79 Å². The lowest BCUT2D eigenvalue weighted by atomic mass is 10.1. The topological polar surface area (TPSA) is 77.2 Å². The van der Waals surface area contributed by atoms with Gasteiger partial charge >= 0.3 is 6.18 Å². The zero-order chi connectivity index (χ0) is 17.0. The van der Waals surface area contributed by atoms with Crippen molar-refractivity contribution in [3.05, 3.63) is 35.3 Å². The number of anilines is 1. The normalized spacial score (nSPS) is 11.3. The number of carbonyl (C=O) groups is 1. The van der Waals surface area contributed by atoms with Crippen LogP contribution in [0.15, 0.2) is 22.9 Å². The van der Waals surface area contributed by atoms with Crippen molar-refractivity contribution in [2.45, 2.75) is 26.4 Å². The number of ether oxygens (including phenoxy) is 1. The zero-order valence-corrected chi connectivity index (χ0v) is 12.4. The molecule has 0 fully saturated rings. The lowest BCUT2D eigenvalue weighted by molar-refractivity contribution is -0.154. The maximum absolute atomic E-state index is 12.0. The van der Waals surface area contributed by atoms with Crippen LogP contribution in [0.4, 0.5) is 18.9 Å². The van der Waals surface area contributed by atoms with Crippen molar-refractivity contribution in [2.24, 2.45) is 0 Å². The summed E-state index contributed by atoms with van der Waals surface area (Å²) < 4.78 is 45.5. The minimum Gasteiger partial charge on any atom is -0.468 e. The van der Waals surface area contributed by atoms with E-state index in [0.29, 0.717) is 22.7 Å². The molecule has 1 N–H and O–H groups in total. The number of amides is 1. The van der Waals surface area contributed by atoms with Crippen molar-refractivity contribution >= 4 is 11.6 Å². The van der Waals surface area contributed by atoms with E-state index in [1.165, 1.54) is 18.3 Å². The Hall–Kier alpha value is -2.58. The van der Waals surface area contributed by atoms with Gasteiger partial charge in [0.15, 0.2) is 6.61 Å². The fourth-order valence-corrected chi connectivity index (χ4v) is 1.82. The predicted molar refractivity (Wildman–Crippen MR) is 74.1 cm³/mol. The monoisotopic (exact) mass is 329 g/mol. The van der Waals surface area contributed by atoms with Crippen LogP contribution in [0.25, 0.3) is 0 Å². The summed E-state index contributed by atoms with van der Waals surface area (Å²) in [7, 11) is 0. The second-order valence-corrected chi connectivity index (χ2v) is 4.82. The quantitative estimate of drug-likeness (QED) is 0.913. The average molecular weight is 329 g/mol. The molecule has 9 heteroatoms. The largest absolute Gasteiger partial charge is 0.468 e.